The van der Waals surface area contributed by atoms with Crippen LogP contribution in [0.1, 0.15) is 72.1 Å². The summed E-state index contributed by atoms with van der Waals surface area (Å²) in [5, 5.41) is 0. The van der Waals surface area contributed by atoms with E-state index in [1.807, 2.05) is 13.8 Å². The lowest BCUT2D eigenvalue weighted by Gasteiger charge is -2.27. The van der Waals surface area contributed by atoms with Crippen molar-refractivity contribution in [2.24, 2.45) is 17.8 Å². The van der Waals surface area contributed by atoms with Crippen molar-refractivity contribution in [3.8, 4) is 0 Å². The standard InChI is InChI=1S/C15H28O/c1-4-13-8-10-14(11-9-13)6-5-7-15(16)12(2)3/h12-14H,4-11H2,1-3H3. The van der Waals surface area contributed by atoms with E-state index in [-0.39, 0.29) is 5.92 Å². The Hall–Kier alpha value is -0.330. The highest BCUT2D eigenvalue weighted by Gasteiger charge is 2.19. The predicted octanol–water partition coefficient (Wildman–Crippen LogP) is 4.60. The zero-order valence-electron chi connectivity index (χ0n) is 11.3. The molecule has 0 aromatic rings. The number of carbonyl (C=O) groups excluding carboxylic acids is 1. The van der Waals surface area contributed by atoms with Gasteiger partial charge in [0, 0.05) is 12.3 Å². The minimum Gasteiger partial charge on any atom is -0.299 e. The van der Waals surface area contributed by atoms with Gasteiger partial charge in [0.2, 0.25) is 0 Å². The van der Waals surface area contributed by atoms with Gasteiger partial charge in [-0.15, -0.1) is 0 Å². The molecular formula is C15H28O. The summed E-state index contributed by atoms with van der Waals surface area (Å²) in [6, 6.07) is 0. The van der Waals surface area contributed by atoms with E-state index in [0.717, 1.165) is 24.7 Å². The van der Waals surface area contributed by atoms with Crippen molar-refractivity contribution in [2.75, 3.05) is 0 Å². The van der Waals surface area contributed by atoms with Crippen LogP contribution in [0.3, 0.4) is 0 Å². The zero-order chi connectivity index (χ0) is 12.0. The molecule has 1 aliphatic rings. The summed E-state index contributed by atoms with van der Waals surface area (Å²) in [4.78, 5) is 11.5. The minimum absolute atomic E-state index is 0.232. The Morgan fingerprint density at radius 2 is 1.69 bits per heavy atom. The SMILES string of the molecule is CCC1CCC(CCCC(=O)C(C)C)CC1. The van der Waals surface area contributed by atoms with E-state index in [0.29, 0.717) is 5.78 Å². The molecule has 0 N–H and O–H groups in total. The Morgan fingerprint density at radius 3 is 2.19 bits per heavy atom. The van der Waals surface area contributed by atoms with Crippen molar-refractivity contribution < 1.29 is 4.79 Å². The first kappa shape index (κ1) is 13.7. The molecule has 0 atom stereocenters. The molecule has 0 aromatic carbocycles. The Bertz CT molecular complexity index is 199. The normalized spacial score (nSPS) is 26.0. The van der Waals surface area contributed by atoms with Crippen LogP contribution < -0.4 is 0 Å². The highest BCUT2D eigenvalue weighted by Crippen LogP contribution is 2.33. The monoisotopic (exact) mass is 224 g/mol. The van der Waals surface area contributed by atoms with Gasteiger partial charge in [0.25, 0.3) is 0 Å². The third kappa shape index (κ3) is 4.67. The molecule has 1 heteroatoms. The number of rotatable bonds is 6. The lowest BCUT2D eigenvalue weighted by molar-refractivity contribution is -0.122. The summed E-state index contributed by atoms with van der Waals surface area (Å²) in [6.07, 6.45) is 10.3. The van der Waals surface area contributed by atoms with Crippen molar-refractivity contribution in [3.63, 3.8) is 0 Å². The Balaban J connectivity index is 2.08. The molecular weight excluding hydrogens is 196 g/mol. The van der Waals surface area contributed by atoms with E-state index in [9.17, 15) is 4.79 Å². The predicted molar refractivity (Wildman–Crippen MR) is 69.4 cm³/mol. The molecule has 0 aliphatic heterocycles. The lowest BCUT2D eigenvalue weighted by atomic mass is 9.79. The fourth-order valence-electron chi connectivity index (χ4n) is 2.78. The second-order valence-electron chi connectivity index (χ2n) is 5.81. The smallest absolute Gasteiger partial charge is 0.135 e. The zero-order valence-corrected chi connectivity index (χ0v) is 11.3. The average Bonchev–Trinajstić information content (AvgIpc) is 2.29. The first-order valence-corrected chi connectivity index (χ1v) is 7.16. The molecule has 1 nitrogen and oxygen atoms in total. The van der Waals surface area contributed by atoms with Crippen molar-refractivity contribution in [1.29, 1.82) is 0 Å². The minimum atomic E-state index is 0.232. The van der Waals surface area contributed by atoms with E-state index in [1.54, 1.807) is 0 Å². The van der Waals surface area contributed by atoms with Crippen molar-refractivity contribution in [1.82, 2.24) is 0 Å². The molecule has 1 aliphatic carbocycles. The van der Waals surface area contributed by atoms with Crippen LogP contribution in [0.4, 0.5) is 0 Å². The number of hydrogen-bond donors (Lipinski definition) is 0. The van der Waals surface area contributed by atoms with Crippen LogP contribution in [0.25, 0.3) is 0 Å². The van der Waals surface area contributed by atoms with Gasteiger partial charge >= 0.3 is 0 Å². The van der Waals surface area contributed by atoms with Gasteiger partial charge in [0.05, 0.1) is 0 Å². The highest BCUT2D eigenvalue weighted by molar-refractivity contribution is 5.80. The fourth-order valence-corrected chi connectivity index (χ4v) is 2.78. The van der Waals surface area contributed by atoms with Crippen molar-refractivity contribution in [2.45, 2.75) is 72.1 Å². The van der Waals surface area contributed by atoms with Crippen molar-refractivity contribution >= 4 is 5.78 Å². The first-order chi connectivity index (χ1) is 7.63. The molecule has 0 aromatic heterocycles. The van der Waals surface area contributed by atoms with E-state index < -0.39 is 0 Å². The average molecular weight is 224 g/mol. The van der Waals surface area contributed by atoms with Gasteiger partial charge in [-0.25, -0.2) is 0 Å². The van der Waals surface area contributed by atoms with Gasteiger partial charge in [-0.2, -0.15) is 0 Å². The van der Waals surface area contributed by atoms with Crippen LogP contribution >= 0.6 is 0 Å². The van der Waals surface area contributed by atoms with E-state index in [2.05, 4.69) is 6.92 Å². The molecule has 16 heavy (non-hydrogen) atoms. The second-order valence-corrected chi connectivity index (χ2v) is 5.81. The molecule has 1 saturated carbocycles. The Morgan fingerprint density at radius 1 is 1.12 bits per heavy atom. The molecule has 0 spiro atoms. The van der Waals surface area contributed by atoms with Crippen LogP contribution in [0, 0.1) is 17.8 Å². The van der Waals surface area contributed by atoms with Gasteiger partial charge < -0.3 is 0 Å². The van der Waals surface area contributed by atoms with Crippen LogP contribution in [0.2, 0.25) is 0 Å². The molecule has 1 fully saturated rings. The maximum Gasteiger partial charge on any atom is 0.135 e. The second kappa shape index (κ2) is 7.09. The molecule has 0 amide bonds. The van der Waals surface area contributed by atoms with Gasteiger partial charge in [-0.1, -0.05) is 59.3 Å². The summed E-state index contributed by atoms with van der Waals surface area (Å²) in [6.45, 7) is 6.33. The van der Waals surface area contributed by atoms with Crippen LogP contribution in [-0.2, 0) is 4.79 Å². The number of ketones is 1. The van der Waals surface area contributed by atoms with Gasteiger partial charge in [-0.05, 0) is 18.3 Å². The molecule has 0 saturated heterocycles. The van der Waals surface area contributed by atoms with E-state index >= 15 is 0 Å². The van der Waals surface area contributed by atoms with Crippen LogP contribution in [0.5, 0.6) is 0 Å². The molecule has 0 heterocycles. The number of carbonyl (C=O) groups is 1. The van der Waals surface area contributed by atoms with Crippen molar-refractivity contribution in [3.05, 3.63) is 0 Å². The Labute approximate surface area is 101 Å². The number of Topliss-reactive ketones (excluding diaryl/α,β-unsaturated/α-hetero) is 1. The van der Waals surface area contributed by atoms with E-state index in [4.69, 9.17) is 0 Å². The molecule has 0 bridgehead atoms. The quantitative estimate of drug-likeness (QED) is 0.644. The fraction of sp³-hybridized carbons (Fsp3) is 0.933. The first-order valence-electron chi connectivity index (χ1n) is 7.16. The topological polar surface area (TPSA) is 17.1 Å². The van der Waals surface area contributed by atoms with Gasteiger partial charge in [0.1, 0.15) is 5.78 Å². The molecule has 1 rings (SSSR count). The summed E-state index contributed by atoms with van der Waals surface area (Å²) in [5.74, 6) is 2.59. The summed E-state index contributed by atoms with van der Waals surface area (Å²) in [7, 11) is 0. The molecule has 0 radical (unpaired) electrons. The maximum atomic E-state index is 11.5. The van der Waals surface area contributed by atoms with Gasteiger partial charge in [0.15, 0.2) is 0 Å². The third-order valence-corrected chi connectivity index (χ3v) is 4.22. The third-order valence-electron chi connectivity index (χ3n) is 4.22. The summed E-state index contributed by atoms with van der Waals surface area (Å²) < 4.78 is 0. The molecule has 94 valence electrons. The van der Waals surface area contributed by atoms with E-state index in [1.165, 1.54) is 38.5 Å². The van der Waals surface area contributed by atoms with Gasteiger partial charge in [-0.3, -0.25) is 4.79 Å². The molecule has 0 unspecified atom stereocenters. The maximum absolute atomic E-state index is 11.5. The van der Waals surface area contributed by atoms with Crippen LogP contribution in [0.15, 0.2) is 0 Å². The summed E-state index contributed by atoms with van der Waals surface area (Å²) in [5.41, 5.74) is 0. The lowest BCUT2D eigenvalue weighted by Crippen LogP contribution is -2.14. The largest absolute Gasteiger partial charge is 0.299 e. The van der Waals surface area contributed by atoms with Crippen LogP contribution in [-0.4, -0.2) is 5.78 Å². The summed E-state index contributed by atoms with van der Waals surface area (Å²) >= 11 is 0. The Kier molecular flexibility index (Phi) is 6.08. The highest BCUT2D eigenvalue weighted by atomic mass is 16.1. The number of hydrogen-bond acceptors (Lipinski definition) is 1.